The SMILES string of the molecule is O=C(CN1C(=O)CNCc2ccccc21)N1CCCC1. The summed E-state index contributed by atoms with van der Waals surface area (Å²) in [6.07, 6.45) is 2.13. The molecule has 2 amide bonds. The molecule has 1 aromatic carbocycles. The maximum Gasteiger partial charge on any atom is 0.242 e. The lowest BCUT2D eigenvalue weighted by atomic mass is 10.1. The predicted octanol–water partition coefficient (Wildman–Crippen LogP) is 0.745. The van der Waals surface area contributed by atoms with Gasteiger partial charge in [0.15, 0.2) is 0 Å². The van der Waals surface area contributed by atoms with E-state index in [1.807, 2.05) is 29.2 Å². The molecule has 1 N–H and O–H groups in total. The molecule has 106 valence electrons. The fourth-order valence-corrected chi connectivity index (χ4v) is 2.83. The Balaban J connectivity index is 1.82. The molecule has 0 atom stereocenters. The first-order valence-electron chi connectivity index (χ1n) is 7.12. The summed E-state index contributed by atoms with van der Waals surface area (Å²) in [7, 11) is 0. The third-order valence-electron chi connectivity index (χ3n) is 3.93. The molecule has 1 aromatic rings. The van der Waals surface area contributed by atoms with Crippen LogP contribution in [-0.4, -0.2) is 42.9 Å². The number of hydrogen-bond acceptors (Lipinski definition) is 3. The standard InChI is InChI=1S/C15H19N3O2/c19-14-10-16-9-12-5-1-2-6-13(12)18(14)11-15(20)17-7-3-4-8-17/h1-2,5-6,16H,3-4,7-11H2. The van der Waals surface area contributed by atoms with Gasteiger partial charge in [-0.05, 0) is 24.5 Å². The Bertz CT molecular complexity index is 524. The molecule has 1 fully saturated rings. The van der Waals surface area contributed by atoms with Gasteiger partial charge in [0, 0.05) is 25.3 Å². The van der Waals surface area contributed by atoms with E-state index in [-0.39, 0.29) is 24.9 Å². The van der Waals surface area contributed by atoms with Crippen molar-refractivity contribution in [2.24, 2.45) is 0 Å². The van der Waals surface area contributed by atoms with Crippen molar-refractivity contribution < 1.29 is 9.59 Å². The lowest BCUT2D eigenvalue weighted by Crippen LogP contribution is -2.43. The fraction of sp³-hybridized carbons (Fsp3) is 0.467. The van der Waals surface area contributed by atoms with Crippen molar-refractivity contribution in [3.8, 4) is 0 Å². The lowest BCUT2D eigenvalue weighted by Gasteiger charge is -2.25. The number of benzene rings is 1. The number of nitrogens with zero attached hydrogens (tertiary/aromatic N) is 2. The molecule has 5 nitrogen and oxygen atoms in total. The fourth-order valence-electron chi connectivity index (χ4n) is 2.83. The van der Waals surface area contributed by atoms with Crippen LogP contribution in [0.1, 0.15) is 18.4 Å². The van der Waals surface area contributed by atoms with Crippen LogP contribution in [0.2, 0.25) is 0 Å². The molecule has 0 unspecified atom stereocenters. The third-order valence-corrected chi connectivity index (χ3v) is 3.93. The Morgan fingerprint density at radius 2 is 1.90 bits per heavy atom. The highest BCUT2D eigenvalue weighted by Crippen LogP contribution is 2.23. The van der Waals surface area contributed by atoms with Gasteiger partial charge in [-0.15, -0.1) is 0 Å². The number of likely N-dealkylation sites (tertiary alicyclic amines) is 1. The molecule has 0 saturated carbocycles. The minimum absolute atomic E-state index is 0.0394. The molecule has 0 aromatic heterocycles. The number of hydrogen-bond donors (Lipinski definition) is 1. The molecule has 5 heteroatoms. The third kappa shape index (κ3) is 2.54. The van der Waals surface area contributed by atoms with E-state index in [4.69, 9.17) is 0 Å². The Morgan fingerprint density at radius 1 is 1.15 bits per heavy atom. The topological polar surface area (TPSA) is 52.7 Å². The molecule has 2 aliphatic heterocycles. The zero-order valence-corrected chi connectivity index (χ0v) is 11.5. The highest BCUT2D eigenvalue weighted by atomic mass is 16.2. The van der Waals surface area contributed by atoms with Gasteiger partial charge in [0.05, 0.1) is 6.54 Å². The summed E-state index contributed by atoms with van der Waals surface area (Å²) < 4.78 is 0. The maximum atomic E-state index is 12.3. The summed E-state index contributed by atoms with van der Waals surface area (Å²) in [6.45, 7) is 2.73. The van der Waals surface area contributed by atoms with Crippen LogP contribution in [0.15, 0.2) is 24.3 Å². The van der Waals surface area contributed by atoms with Gasteiger partial charge in [-0.2, -0.15) is 0 Å². The number of para-hydroxylation sites is 1. The summed E-state index contributed by atoms with van der Waals surface area (Å²) in [5.41, 5.74) is 1.92. The van der Waals surface area contributed by atoms with E-state index >= 15 is 0 Å². The second-order valence-electron chi connectivity index (χ2n) is 5.30. The maximum absolute atomic E-state index is 12.3. The number of fused-ring (bicyclic) bond motifs is 1. The summed E-state index contributed by atoms with van der Waals surface area (Å²) in [6, 6.07) is 7.77. The summed E-state index contributed by atoms with van der Waals surface area (Å²) in [5, 5.41) is 3.11. The molecule has 2 heterocycles. The van der Waals surface area contributed by atoms with Crippen LogP contribution in [0.25, 0.3) is 0 Å². The van der Waals surface area contributed by atoms with E-state index in [2.05, 4.69) is 5.32 Å². The zero-order chi connectivity index (χ0) is 13.9. The van der Waals surface area contributed by atoms with E-state index in [0.29, 0.717) is 6.54 Å². The van der Waals surface area contributed by atoms with Crippen LogP contribution in [0.4, 0.5) is 5.69 Å². The lowest BCUT2D eigenvalue weighted by molar-refractivity contribution is -0.130. The van der Waals surface area contributed by atoms with E-state index in [1.165, 1.54) is 0 Å². The van der Waals surface area contributed by atoms with Crippen LogP contribution in [-0.2, 0) is 16.1 Å². The van der Waals surface area contributed by atoms with Gasteiger partial charge in [-0.1, -0.05) is 18.2 Å². The molecule has 0 radical (unpaired) electrons. The Hall–Kier alpha value is -1.88. The number of nitrogens with one attached hydrogen (secondary N) is 1. The van der Waals surface area contributed by atoms with Crippen molar-refractivity contribution in [2.45, 2.75) is 19.4 Å². The van der Waals surface area contributed by atoms with Gasteiger partial charge in [0.2, 0.25) is 11.8 Å². The molecular formula is C15H19N3O2. The zero-order valence-electron chi connectivity index (χ0n) is 11.5. The van der Waals surface area contributed by atoms with E-state index in [9.17, 15) is 9.59 Å². The number of rotatable bonds is 2. The van der Waals surface area contributed by atoms with Crippen molar-refractivity contribution >= 4 is 17.5 Å². The summed E-state index contributed by atoms with van der Waals surface area (Å²) in [4.78, 5) is 28.0. The average Bonchev–Trinajstić information content (AvgIpc) is 2.94. The second kappa shape index (κ2) is 5.63. The molecule has 1 saturated heterocycles. The summed E-state index contributed by atoms with van der Waals surface area (Å²) in [5.74, 6) is 0.00931. The molecule has 0 aliphatic carbocycles. The van der Waals surface area contributed by atoms with Gasteiger partial charge in [-0.25, -0.2) is 0 Å². The van der Waals surface area contributed by atoms with Crippen molar-refractivity contribution in [3.05, 3.63) is 29.8 Å². The molecule has 2 aliphatic rings. The minimum Gasteiger partial charge on any atom is -0.341 e. The normalized spacial score (nSPS) is 18.9. The Morgan fingerprint density at radius 3 is 2.70 bits per heavy atom. The van der Waals surface area contributed by atoms with Crippen molar-refractivity contribution in [1.29, 1.82) is 0 Å². The molecule has 20 heavy (non-hydrogen) atoms. The van der Waals surface area contributed by atoms with Crippen molar-refractivity contribution in [2.75, 3.05) is 31.1 Å². The molecule has 0 spiro atoms. The van der Waals surface area contributed by atoms with Gasteiger partial charge in [0.1, 0.15) is 6.54 Å². The van der Waals surface area contributed by atoms with Crippen molar-refractivity contribution in [3.63, 3.8) is 0 Å². The number of amides is 2. The largest absolute Gasteiger partial charge is 0.341 e. The monoisotopic (exact) mass is 273 g/mol. The van der Waals surface area contributed by atoms with E-state index < -0.39 is 0 Å². The Kier molecular flexibility index (Phi) is 3.69. The van der Waals surface area contributed by atoms with Gasteiger partial charge in [-0.3, -0.25) is 9.59 Å². The van der Waals surface area contributed by atoms with Crippen LogP contribution in [0.3, 0.4) is 0 Å². The molecular weight excluding hydrogens is 254 g/mol. The highest BCUT2D eigenvalue weighted by molar-refractivity contribution is 6.00. The number of anilines is 1. The first kappa shape index (κ1) is 13.1. The van der Waals surface area contributed by atoms with Crippen molar-refractivity contribution in [1.82, 2.24) is 10.2 Å². The number of carbonyl (C=O) groups is 2. The first-order valence-corrected chi connectivity index (χ1v) is 7.12. The van der Waals surface area contributed by atoms with Crippen LogP contribution in [0.5, 0.6) is 0 Å². The average molecular weight is 273 g/mol. The van der Waals surface area contributed by atoms with E-state index in [1.54, 1.807) is 4.90 Å². The molecule has 3 rings (SSSR count). The summed E-state index contributed by atoms with van der Waals surface area (Å²) >= 11 is 0. The van der Waals surface area contributed by atoms with Crippen LogP contribution >= 0.6 is 0 Å². The number of carbonyl (C=O) groups excluding carboxylic acids is 2. The minimum atomic E-state index is -0.0394. The highest BCUT2D eigenvalue weighted by Gasteiger charge is 2.26. The smallest absolute Gasteiger partial charge is 0.242 e. The van der Waals surface area contributed by atoms with Gasteiger partial charge >= 0.3 is 0 Å². The van der Waals surface area contributed by atoms with Crippen LogP contribution < -0.4 is 10.2 Å². The predicted molar refractivity (Wildman–Crippen MR) is 76.3 cm³/mol. The Labute approximate surface area is 118 Å². The first-order chi connectivity index (χ1) is 9.75. The molecule has 0 bridgehead atoms. The van der Waals surface area contributed by atoms with Gasteiger partial charge < -0.3 is 15.1 Å². The van der Waals surface area contributed by atoms with Gasteiger partial charge in [0.25, 0.3) is 0 Å². The van der Waals surface area contributed by atoms with Crippen LogP contribution in [0, 0.1) is 0 Å². The van der Waals surface area contributed by atoms with E-state index in [0.717, 1.165) is 37.2 Å². The quantitative estimate of drug-likeness (QED) is 0.865. The second-order valence-corrected chi connectivity index (χ2v) is 5.30.